The molecule has 2 aromatic carbocycles. The first-order valence-corrected chi connectivity index (χ1v) is 15.5. The minimum absolute atomic E-state index is 0.0112. The molecular formula is C30H36ClN3O5S. The van der Waals surface area contributed by atoms with E-state index in [4.69, 9.17) is 16.3 Å². The SMILES string of the molecule is Cc1cc(C)cc(S(=O)(=O)c2c(C(=O)NC3CC4(CCN(C(=O)OC(C)(C)C)CC4)C3)[nH]c3ccc(Cl)cc23)c1. The van der Waals surface area contributed by atoms with Crippen LogP contribution in [-0.4, -0.2) is 55.0 Å². The van der Waals surface area contributed by atoms with Gasteiger partial charge in [-0.1, -0.05) is 17.7 Å². The second-order valence-electron chi connectivity index (χ2n) is 12.4. The number of hydrogen-bond acceptors (Lipinski definition) is 5. The molecule has 0 radical (unpaired) electrons. The normalized spacial score (nSPS) is 17.6. The number of likely N-dealkylation sites (tertiary alicyclic amines) is 1. The average Bonchev–Trinajstić information content (AvgIpc) is 3.21. The highest BCUT2D eigenvalue weighted by atomic mass is 35.5. The zero-order valence-corrected chi connectivity index (χ0v) is 25.1. The predicted octanol–water partition coefficient (Wildman–Crippen LogP) is 6.18. The molecule has 10 heteroatoms. The fraction of sp³-hybridized carbons (Fsp3) is 0.467. The lowest BCUT2D eigenvalue weighted by atomic mass is 9.60. The summed E-state index contributed by atoms with van der Waals surface area (Å²) in [6, 6.07) is 9.99. The lowest BCUT2D eigenvalue weighted by Crippen LogP contribution is -2.56. The Kier molecular flexibility index (Phi) is 7.19. The van der Waals surface area contributed by atoms with Gasteiger partial charge in [0, 0.05) is 35.1 Å². The number of aromatic amines is 1. The Morgan fingerprint density at radius 1 is 1.05 bits per heavy atom. The Bertz CT molecular complexity index is 1570. The number of carbonyl (C=O) groups excluding carboxylic acids is 2. The number of H-pyrrole nitrogens is 1. The topological polar surface area (TPSA) is 109 Å². The minimum atomic E-state index is -4.04. The number of nitrogens with one attached hydrogen (secondary N) is 2. The van der Waals surface area contributed by atoms with Crippen molar-refractivity contribution in [3.05, 3.63) is 58.2 Å². The van der Waals surface area contributed by atoms with Crippen molar-refractivity contribution in [1.29, 1.82) is 0 Å². The zero-order valence-electron chi connectivity index (χ0n) is 23.6. The molecule has 1 aliphatic carbocycles. The molecule has 0 atom stereocenters. The molecule has 1 aliphatic heterocycles. The van der Waals surface area contributed by atoms with Crippen LogP contribution in [0.3, 0.4) is 0 Å². The Labute approximate surface area is 240 Å². The fourth-order valence-electron chi connectivity index (χ4n) is 6.03. The van der Waals surface area contributed by atoms with Crippen LogP contribution in [0, 0.1) is 19.3 Å². The van der Waals surface area contributed by atoms with Gasteiger partial charge >= 0.3 is 6.09 Å². The highest BCUT2D eigenvalue weighted by molar-refractivity contribution is 7.91. The largest absolute Gasteiger partial charge is 0.444 e. The van der Waals surface area contributed by atoms with Crippen molar-refractivity contribution in [1.82, 2.24) is 15.2 Å². The van der Waals surface area contributed by atoms with Crippen molar-refractivity contribution in [2.24, 2.45) is 5.41 Å². The number of rotatable bonds is 4. The van der Waals surface area contributed by atoms with E-state index in [9.17, 15) is 18.0 Å². The van der Waals surface area contributed by atoms with Crippen molar-refractivity contribution in [3.63, 3.8) is 0 Å². The highest BCUT2D eigenvalue weighted by Crippen LogP contribution is 2.49. The van der Waals surface area contributed by atoms with Crippen LogP contribution in [-0.2, 0) is 14.6 Å². The molecule has 0 unspecified atom stereocenters. The van der Waals surface area contributed by atoms with Gasteiger partial charge in [0.25, 0.3) is 5.91 Å². The number of carbonyl (C=O) groups is 2. The van der Waals surface area contributed by atoms with E-state index in [0.717, 1.165) is 36.8 Å². The molecule has 1 aromatic heterocycles. The summed E-state index contributed by atoms with van der Waals surface area (Å²) in [5.41, 5.74) is 1.71. The van der Waals surface area contributed by atoms with Crippen LogP contribution in [0.1, 0.15) is 68.1 Å². The van der Waals surface area contributed by atoms with Gasteiger partial charge in [0.1, 0.15) is 16.2 Å². The number of ether oxygens (including phenoxy) is 1. The van der Waals surface area contributed by atoms with Gasteiger partial charge in [0.05, 0.1) is 4.90 Å². The van der Waals surface area contributed by atoms with Crippen LogP contribution in [0.4, 0.5) is 4.79 Å². The molecule has 1 spiro atoms. The molecule has 2 amide bonds. The maximum absolute atomic E-state index is 13.9. The number of nitrogens with zero attached hydrogens (tertiary/aromatic N) is 1. The van der Waals surface area contributed by atoms with E-state index in [1.54, 1.807) is 35.2 Å². The summed E-state index contributed by atoms with van der Waals surface area (Å²) >= 11 is 6.24. The lowest BCUT2D eigenvalue weighted by Gasteiger charge is -2.52. The third-order valence-corrected chi connectivity index (χ3v) is 9.94. The van der Waals surface area contributed by atoms with Crippen LogP contribution < -0.4 is 5.32 Å². The molecule has 3 aromatic rings. The molecule has 2 fully saturated rings. The maximum Gasteiger partial charge on any atom is 0.410 e. The molecule has 1 saturated heterocycles. The van der Waals surface area contributed by atoms with E-state index in [2.05, 4.69) is 10.3 Å². The van der Waals surface area contributed by atoms with Crippen molar-refractivity contribution in [2.75, 3.05) is 13.1 Å². The quantitative estimate of drug-likeness (QED) is 0.380. The summed E-state index contributed by atoms with van der Waals surface area (Å²) in [7, 11) is -4.04. The van der Waals surface area contributed by atoms with Gasteiger partial charge in [-0.3, -0.25) is 4.79 Å². The number of piperidine rings is 1. The first-order valence-electron chi connectivity index (χ1n) is 13.6. The molecule has 0 bridgehead atoms. The minimum Gasteiger partial charge on any atom is -0.444 e. The van der Waals surface area contributed by atoms with Crippen molar-refractivity contribution in [3.8, 4) is 0 Å². The molecule has 2 N–H and O–H groups in total. The van der Waals surface area contributed by atoms with Crippen molar-refractivity contribution < 1.29 is 22.7 Å². The molecular weight excluding hydrogens is 550 g/mol. The fourth-order valence-corrected chi connectivity index (χ4v) is 7.99. The maximum atomic E-state index is 13.9. The van der Waals surface area contributed by atoms with Crippen LogP contribution in [0.5, 0.6) is 0 Å². The Morgan fingerprint density at radius 2 is 1.68 bits per heavy atom. The third kappa shape index (κ3) is 5.59. The van der Waals surface area contributed by atoms with Crippen LogP contribution in [0.2, 0.25) is 5.02 Å². The summed E-state index contributed by atoms with van der Waals surface area (Å²) in [4.78, 5) is 30.9. The van der Waals surface area contributed by atoms with Crippen molar-refractivity contribution >= 4 is 44.3 Å². The van der Waals surface area contributed by atoms with Gasteiger partial charge in [-0.25, -0.2) is 13.2 Å². The third-order valence-electron chi connectivity index (χ3n) is 7.88. The summed E-state index contributed by atoms with van der Waals surface area (Å²) in [6.45, 7) is 10.5. The van der Waals surface area contributed by atoms with Crippen LogP contribution in [0.25, 0.3) is 10.9 Å². The van der Waals surface area contributed by atoms with Crippen molar-refractivity contribution in [2.45, 2.75) is 81.7 Å². The van der Waals surface area contributed by atoms with E-state index in [1.807, 2.05) is 40.7 Å². The smallest absolute Gasteiger partial charge is 0.410 e. The van der Waals surface area contributed by atoms with Crippen LogP contribution in [0.15, 0.2) is 46.2 Å². The number of halogens is 1. The number of aromatic nitrogens is 1. The lowest BCUT2D eigenvalue weighted by molar-refractivity contribution is -0.0152. The van der Waals surface area contributed by atoms with Gasteiger partial charge in [0.15, 0.2) is 0 Å². The monoisotopic (exact) mass is 585 g/mol. The molecule has 214 valence electrons. The van der Waals surface area contributed by atoms with Gasteiger partial charge < -0.3 is 19.9 Å². The van der Waals surface area contributed by atoms with Gasteiger partial charge in [-0.2, -0.15) is 0 Å². The van der Waals surface area contributed by atoms with Gasteiger partial charge in [-0.15, -0.1) is 0 Å². The summed E-state index contributed by atoms with van der Waals surface area (Å²) in [5, 5.41) is 3.83. The number of sulfone groups is 1. The molecule has 2 aliphatic rings. The molecule has 5 rings (SSSR count). The average molecular weight is 586 g/mol. The number of benzene rings is 2. The second-order valence-corrected chi connectivity index (χ2v) is 14.7. The number of aryl methyl sites for hydroxylation is 2. The van der Waals surface area contributed by atoms with E-state index in [0.29, 0.717) is 29.0 Å². The second kappa shape index (κ2) is 10.1. The first kappa shape index (κ1) is 28.5. The predicted molar refractivity (Wildman–Crippen MR) is 155 cm³/mol. The van der Waals surface area contributed by atoms with E-state index < -0.39 is 21.3 Å². The molecule has 40 heavy (non-hydrogen) atoms. The van der Waals surface area contributed by atoms with E-state index in [1.165, 1.54) is 0 Å². The number of hydrogen-bond donors (Lipinski definition) is 2. The standard InChI is InChI=1S/C30H36ClN3O5S/c1-18-12-19(2)14-22(13-18)40(37,38)26-23-15-20(31)6-7-24(23)33-25(26)27(35)32-21-16-30(17-21)8-10-34(11-9-30)28(36)39-29(3,4)5/h6-7,12-15,21,33H,8-11,16-17H2,1-5H3,(H,32,35). The molecule has 8 nitrogen and oxygen atoms in total. The Balaban J connectivity index is 1.34. The number of fused-ring (bicyclic) bond motifs is 1. The summed E-state index contributed by atoms with van der Waals surface area (Å²) < 4.78 is 33.4. The van der Waals surface area contributed by atoms with Crippen LogP contribution >= 0.6 is 11.6 Å². The first-order chi connectivity index (χ1) is 18.7. The Morgan fingerprint density at radius 3 is 2.27 bits per heavy atom. The number of amides is 2. The zero-order chi connectivity index (χ0) is 29.0. The van der Waals surface area contributed by atoms with E-state index >= 15 is 0 Å². The molecule has 2 heterocycles. The van der Waals surface area contributed by atoms with E-state index in [-0.39, 0.29) is 33.0 Å². The summed E-state index contributed by atoms with van der Waals surface area (Å²) in [5.74, 6) is -0.457. The highest BCUT2D eigenvalue weighted by Gasteiger charge is 2.47. The van der Waals surface area contributed by atoms with Gasteiger partial charge in [-0.05, 0) is 107 Å². The Hall–Kier alpha value is -3.04. The summed E-state index contributed by atoms with van der Waals surface area (Å²) in [6.07, 6.45) is 2.96. The van der Waals surface area contributed by atoms with Gasteiger partial charge in [0.2, 0.25) is 9.84 Å². The molecule has 1 saturated carbocycles.